The van der Waals surface area contributed by atoms with Crippen LogP contribution in [-0.2, 0) is 5.41 Å². The molecule has 2 heteroatoms. The van der Waals surface area contributed by atoms with Crippen LogP contribution in [0, 0.1) is 0 Å². The smallest absolute Gasteiger partial charge is 0.159 e. The van der Waals surface area contributed by atoms with E-state index < -0.39 is 5.41 Å². The number of anilines is 3. The predicted molar refractivity (Wildman–Crippen MR) is 229 cm³/mol. The Morgan fingerprint density at radius 2 is 0.927 bits per heavy atom. The van der Waals surface area contributed by atoms with Gasteiger partial charge in [-0.1, -0.05) is 176 Å². The van der Waals surface area contributed by atoms with Gasteiger partial charge in [-0.05, 0) is 91.7 Å². The maximum Gasteiger partial charge on any atom is 0.159 e. The van der Waals surface area contributed by atoms with Crippen molar-refractivity contribution in [3.63, 3.8) is 0 Å². The van der Waals surface area contributed by atoms with Gasteiger partial charge in [-0.3, -0.25) is 0 Å². The zero-order chi connectivity index (χ0) is 36.3. The first-order chi connectivity index (χ1) is 27.3. The molecule has 1 aliphatic carbocycles. The van der Waals surface area contributed by atoms with E-state index in [2.05, 4.69) is 217 Å². The van der Waals surface area contributed by atoms with Crippen molar-refractivity contribution in [2.75, 3.05) is 4.90 Å². The molecule has 0 radical (unpaired) electrons. The van der Waals surface area contributed by atoms with E-state index in [1.165, 1.54) is 55.3 Å². The average Bonchev–Trinajstić information content (AvgIpc) is 3.80. The molecule has 2 nitrogen and oxygen atoms in total. The lowest BCUT2D eigenvalue weighted by molar-refractivity contribution is 0.669. The number of hydrogen-bond acceptors (Lipinski definition) is 2. The van der Waals surface area contributed by atoms with Crippen molar-refractivity contribution in [1.82, 2.24) is 0 Å². The van der Waals surface area contributed by atoms with E-state index in [1.807, 2.05) is 0 Å². The molecule has 10 aromatic rings. The topological polar surface area (TPSA) is 16.4 Å². The zero-order valence-electron chi connectivity index (χ0n) is 30.1. The molecule has 0 bridgehead atoms. The standard InChI is InChI=1S/C53H35NO/c1-3-14-36(15-4-1)37-26-31-41(32-27-37)54(49-25-13-22-46-51-43-19-8-7-16-38(43)28-35-50(51)55-52(46)49)42-33-29-40(30-34-42)53(39-17-5-2-6-18-39)47-23-11-9-20-44(47)45-21-10-12-24-48(45)53/h1-35H. The number of fused-ring (bicyclic) bond motifs is 8. The first-order valence-electron chi connectivity index (χ1n) is 18.9. The van der Waals surface area contributed by atoms with E-state index in [0.29, 0.717) is 0 Å². The number of furan rings is 1. The summed E-state index contributed by atoms with van der Waals surface area (Å²) in [5.74, 6) is 0. The highest BCUT2D eigenvalue weighted by molar-refractivity contribution is 6.21. The fourth-order valence-electron chi connectivity index (χ4n) is 9.16. The molecular formula is C53H35NO. The Morgan fingerprint density at radius 3 is 1.64 bits per heavy atom. The van der Waals surface area contributed by atoms with Gasteiger partial charge in [0, 0.05) is 22.1 Å². The van der Waals surface area contributed by atoms with E-state index in [0.717, 1.165) is 39.0 Å². The summed E-state index contributed by atoms with van der Waals surface area (Å²) in [5, 5.41) is 4.65. The number of hydrogen-bond donors (Lipinski definition) is 0. The van der Waals surface area contributed by atoms with Crippen molar-refractivity contribution in [3.8, 4) is 22.3 Å². The molecule has 0 amide bonds. The minimum absolute atomic E-state index is 0.463. The van der Waals surface area contributed by atoms with E-state index in [1.54, 1.807) is 0 Å². The summed E-state index contributed by atoms with van der Waals surface area (Å²) in [6, 6.07) is 76.8. The van der Waals surface area contributed by atoms with Gasteiger partial charge in [0.2, 0.25) is 0 Å². The Kier molecular flexibility index (Phi) is 7.11. The van der Waals surface area contributed by atoms with Gasteiger partial charge >= 0.3 is 0 Å². The van der Waals surface area contributed by atoms with Crippen LogP contribution in [0.2, 0.25) is 0 Å². The quantitative estimate of drug-likeness (QED) is 0.172. The second kappa shape index (κ2) is 12.5. The molecule has 0 fully saturated rings. The van der Waals surface area contributed by atoms with Gasteiger partial charge in [-0.15, -0.1) is 0 Å². The molecule has 0 spiro atoms. The third-order valence-electron chi connectivity index (χ3n) is 11.6. The number of nitrogens with zero attached hydrogens (tertiary/aromatic N) is 1. The Labute approximate surface area is 320 Å². The second-order valence-electron chi connectivity index (χ2n) is 14.4. The second-order valence-corrected chi connectivity index (χ2v) is 14.4. The first kappa shape index (κ1) is 31.4. The van der Waals surface area contributed by atoms with Gasteiger partial charge in [0.15, 0.2) is 5.58 Å². The van der Waals surface area contributed by atoms with Crippen LogP contribution in [0.4, 0.5) is 17.1 Å². The fraction of sp³-hybridized carbons (Fsp3) is 0.0189. The Morgan fingerprint density at radius 1 is 0.382 bits per heavy atom. The van der Waals surface area contributed by atoms with E-state index in [-0.39, 0.29) is 0 Å². The van der Waals surface area contributed by atoms with Crippen molar-refractivity contribution in [2.45, 2.75) is 5.41 Å². The van der Waals surface area contributed by atoms with Crippen molar-refractivity contribution >= 4 is 49.8 Å². The van der Waals surface area contributed by atoms with Gasteiger partial charge in [0.25, 0.3) is 0 Å². The molecule has 11 rings (SSSR count). The molecule has 1 aromatic heterocycles. The summed E-state index contributed by atoms with van der Waals surface area (Å²) < 4.78 is 6.82. The van der Waals surface area contributed by atoms with E-state index in [9.17, 15) is 0 Å². The molecule has 258 valence electrons. The first-order valence-corrected chi connectivity index (χ1v) is 18.9. The van der Waals surface area contributed by atoms with Crippen molar-refractivity contribution < 1.29 is 4.42 Å². The van der Waals surface area contributed by atoms with Crippen LogP contribution in [0.3, 0.4) is 0 Å². The van der Waals surface area contributed by atoms with Gasteiger partial charge in [-0.25, -0.2) is 0 Å². The van der Waals surface area contributed by atoms with Crippen molar-refractivity contribution in [3.05, 3.63) is 235 Å². The maximum atomic E-state index is 6.82. The van der Waals surface area contributed by atoms with E-state index >= 15 is 0 Å². The van der Waals surface area contributed by atoms with Crippen LogP contribution < -0.4 is 4.90 Å². The molecule has 0 N–H and O–H groups in total. The molecule has 0 unspecified atom stereocenters. The summed E-state index contributed by atoms with van der Waals surface area (Å²) in [6.45, 7) is 0. The Hall–Kier alpha value is -7.16. The molecule has 0 aliphatic heterocycles. The monoisotopic (exact) mass is 701 g/mol. The molecule has 0 saturated carbocycles. The summed E-state index contributed by atoms with van der Waals surface area (Å²) in [4.78, 5) is 2.34. The molecule has 1 aliphatic rings. The minimum Gasteiger partial charge on any atom is -0.454 e. The molecule has 1 heterocycles. The highest BCUT2D eigenvalue weighted by Crippen LogP contribution is 2.56. The lowest BCUT2D eigenvalue weighted by Crippen LogP contribution is -2.28. The average molecular weight is 702 g/mol. The van der Waals surface area contributed by atoms with Crippen LogP contribution in [0.25, 0.3) is 55.0 Å². The van der Waals surface area contributed by atoms with E-state index in [4.69, 9.17) is 4.42 Å². The Bertz CT molecular complexity index is 2970. The van der Waals surface area contributed by atoms with Crippen LogP contribution in [0.15, 0.2) is 217 Å². The van der Waals surface area contributed by atoms with Gasteiger partial charge in [0.05, 0.1) is 11.1 Å². The molecule has 9 aromatic carbocycles. The summed E-state index contributed by atoms with van der Waals surface area (Å²) in [5.41, 5.74) is 14.4. The number of para-hydroxylation sites is 1. The van der Waals surface area contributed by atoms with Crippen LogP contribution in [-0.4, -0.2) is 0 Å². The maximum absolute atomic E-state index is 6.82. The molecule has 0 saturated heterocycles. The highest BCUT2D eigenvalue weighted by atomic mass is 16.3. The largest absolute Gasteiger partial charge is 0.454 e. The molecular weight excluding hydrogens is 667 g/mol. The van der Waals surface area contributed by atoms with Gasteiger partial charge < -0.3 is 9.32 Å². The number of benzene rings is 9. The molecule has 0 atom stereocenters. The SMILES string of the molecule is c1ccc(-c2ccc(N(c3ccc(C4(c5ccccc5)c5ccccc5-c5ccccc54)cc3)c3cccc4c3oc3ccc5ccccc5c34)cc2)cc1. The lowest BCUT2D eigenvalue weighted by Gasteiger charge is -2.34. The van der Waals surface area contributed by atoms with Crippen LogP contribution in [0.5, 0.6) is 0 Å². The van der Waals surface area contributed by atoms with Crippen molar-refractivity contribution in [2.24, 2.45) is 0 Å². The zero-order valence-corrected chi connectivity index (χ0v) is 30.1. The fourth-order valence-corrected chi connectivity index (χ4v) is 9.16. The Balaban J connectivity index is 1.12. The summed E-state index contributed by atoms with van der Waals surface area (Å²) in [6.07, 6.45) is 0. The summed E-state index contributed by atoms with van der Waals surface area (Å²) in [7, 11) is 0. The highest BCUT2D eigenvalue weighted by Gasteiger charge is 2.45. The van der Waals surface area contributed by atoms with Gasteiger partial charge in [0.1, 0.15) is 5.58 Å². The molecule has 55 heavy (non-hydrogen) atoms. The van der Waals surface area contributed by atoms with Crippen molar-refractivity contribution in [1.29, 1.82) is 0 Å². The third kappa shape index (κ3) is 4.75. The third-order valence-corrected chi connectivity index (χ3v) is 11.6. The normalized spacial score (nSPS) is 12.9. The summed E-state index contributed by atoms with van der Waals surface area (Å²) >= 11 is 0. The van der Waals surface area contributed by atoms with Gasteiger partial charge in [-0.2, -0.15) is 0 Å². The predicted octanol–water partition coefficient (Wildman–Crippen LogP) is 14.2. The minimum atomic E-state index is -0.463. The lowest BCUT2D eigenvalue weighted by atomic mass is 9.68. The van der Waals surface area contributed by atoms with Crippen LogP contribution >= 0.6 is 0 Å². The van der Waals surface area contributed by atoms with Crippen LogP contribution in [0.1, 0.15) is 22.3 Å². The number of rotatable bonds is 6.